The van der Waals surface area contributed by atoms with E-state index in [-0.39, 0.29) is 17.9 Å². The van der Waals surface area contributed by atoms with E-state index in [9.17, 15) is 13.2 Å². The van der Waals surface area contributed by atoms with Gasteiger partial charge < -0.3 is 15.0 Å². The summed E-state index contributed by atoms with van der Waals surface area (Å²) < 4.78 is 27.8. The van der Waals surface area contributed by atoms with Gasteiger partial charge in [-0.3, -0.25) is 0 Å². The predicted molar refractivity (Wildman–Crippen MR) is 87.7 cm³/mol. The number of ether oxygens (including phenoxy) is 1. The maximum absolute atomic E-state index is 12.0. The van der Waals surface area contributed by atoms with Crippen LogP contribution >= 0.6 is 0 Å². The number of hydrogen-bond donors (Lipinski definition) is 1. The standard InChI is InChI=1S/C15H30N2O4S/c1-12(11-22(5,19)20)16-8-6-13-7-9-17(10-13)14(18)21-15(2,3)4/h12-13,16H,6-11H2,1-5H3. The number of amides is 1. The number of sulfone groups is 1. The molecule has 0 aromatic rings. The van der Waals surface area contributed by atoms with Crippen LogP contribution in [0.1, 0.15) is 40.5 Å². The van der Waals surface area contributed by atoms with Crippen LogP contribution in [0.4, 0.5) is 4.79 Å². The Bertz CT molecular complexity index is 470. The quantitative estimate of drug-likeness (QED) is 0.799. The molecule has 0 radical (unpaired) electrons. The second-order valence-corrected chi connectivity index (χ2v) is 9.50. The lowest BCUT2D eigenvalue weighted by molar-refractivity contribution is 0.0287. The largest absolute Gasteiger partial charge is 0.444 e. The minimum atomic E-state index is -2.94. The summed E-state index contributed by atoms with van der Waals surface area (Å²) in [5.74, 6) is 0.604. The first-order chi connectivity index (χ1) is 9.96. The van der Waals surface area contributed by atoms with Crippen molar-refractivity contribution in [1.29, 1.82) is 0 Å². The molecule has 22 heavy (non-hydrogen) atoms. The first-order valence-electron chi connectivity index (χ1n) is 7.85. The molecular weight excluding hydrogens is 304 g/mol. The van der Waals surface area contributed by atoms with E-state index in [0.29, 0.717) is 5.92 Å². The van der Waals surface area contributed by atoms with Crippen LogP contribution in [0.2, 0.25) is 0 Å². The Morgan fingerprint density at radius 3 is 2.59 bits per heavy atom. The summed E-state index contributed by atoms with van der Waals surface area (Å²) in [7, 11) is -2.94. The van der Waals surface area contributed by atoms with Crippen molar-refractivity contribution in [1.82, 2.24) is 10.2 Å². The summed E-state index contributed by atoms with van der Waals surface area (Å²) in [6.07, 6.45) is 2.92. The van der Waals surface area contributed by atoms with E-state index in [4.69, 9.17) is 4.74 Å². The highest BCUT2D eigenvalue weighted by molar-refractivity contribution is 7.90. The molecule has 0 spiro atoms. The van der Waals surface area contributed by atoms with Crippen molar-refractivity contribution in [2.75, 3.05) is 31.6 Å². The third-order valence-corrected chi connectivity index (χ3v) is 4.64. The van der Waals surface area contributed by atoms with E-state index >= 15 is 0 Å². The molecule has 0 aliphatic carbocycles. The van der Waals surface area contributed by atoms with Crippen LogP contribution in [0.25, 0.3) is 0 Å². The predicted octanol–water partition coefficient (Wildman–Crippen LogP) is 1.66. The molecule has 6 nitrogen and oxygen atoms in total. The summed E-state index contributed by atoms with van der Waals surface area (Å²) in [6.45, 7) is 9.70. The fraction of sp³-hybridized carbons (Fsp3) is 0.933. The number of nitrogens with one attached hydrogen (secondary N) is 1. The number of likely N-dealkylation sites (tertiary alicyclic amines) is 1. The highest BCUT2D eigenvalue weighted by Crippen LogP contribution is 2.21. The molecule has 2 unspecified atom stereocenters. The minimum absolute atomic E-state index is 0.0432. The molecule has 0 saturated carbocycles. The van der Waals surface area contributed by atoms with Gasteiger partial charge in [0, 0.05) is 25.4 Å². The molecule has 0 bridgehead atoms. The van der Waals surface area contributed by atoms with Crippen LogP contribution in [-0.4, -0.2) is 62.7 Å². The number of carbonyl (C=O) groups is 1. The van der Waals surface area contributed by atoms with E-state index in [1.165, 1.54) is 6.26 Å². The monoisotopic (exact) mass is 334 g/mol. The number of nitrogens with zero attached hydrogens (tertiary/aromatic N) is 1. The molecule has 1 amide bonds. The molecule has 1 fully saturated rings. The average Bonchev–Trinajstić information content (AvgIpc) is 2.72. The molecule has 1 aliphatic heterocycles. The van der Waals surface area contributed by atoms with E-state index in [0.717, 1.165) is 32.5 Å². The minimum Gasteiger partial charge on any atom is -0.444 e. The van der Waals surface area contributed by atoms with Gasteiger partial charge in [0.15, 0.2) is 0 Å². The number of carbonyl (C=O) groups excluding carboxylic acids is 1. The van der Waals surface area contributed by atoms with Crippen molar-refractivity contribution in [3.8, 4) is 0 Å². The number of hydrogen-bond acceptors (Lipinski definition) is 5. The van der Waals surface area contributed by atoms with Gasteiger partial charge in [0.2, 0.25) is 0 Å². The molecule has 0 aromatic heterocycles. The zero-order chi connectivity index (χ0) is 17.0. The third kappa shape index (κ3) is 7.98. The summed E-state index contributed by atoms with van der Waals surface area (Å²) >= 11 is 0. The maximum Gasteiger partial charge on any atom is 0.410 e. The normalized spacial score (nSPS) is 21.0. The van der Waals surface area contributed by atoms with Crippen LogP contribution in [0.3, 0.4) is 0 Å². The van der Waals surface area contributed by atoms with Gasteiger partial charge in [0.05, 0.1) is 5.75 Å². The van der Waals surface area contributed by atoms with Crippen LogP contribution in [0.5, 0.6) is 0 Å². The molecule has 1 N–H and O–H groups in total. The molecule has 1 aliphatic rings. The van der Waals surface area contributed by atoms with Gasteiger partial charge >= 0.3 is 6.09 Å². The Kier molecular flexibility index (Phi) is 6.67. The fourth-order valence-corrected chi connectivity index (χ4v) is 3.63. The SMILES string of the molecule is CC(CS(C)(=O)=O)NCCC1CCN(C(=O)OC(C)(C)C)C1. The van der Waals surface area contributed by atoms with Gasteiger partial charge in [-0.15, -0.1) is 0 Å². The summed E-state index contributed by atoms with van der Waals surface area (Å²) in [6, 6.07) is -0.0432. The molecule has 1 saturated heterocycles. The van der Waals surface area contributed by atoms with Crippen molar-refractivity contribution >= 4 is 15.9 Å². The zero-order valence-electron chi connectivity index (χ0n) is 14.4. The Morgan fingerprint density at radius 2 is 2.05 bits per heavy atom. The van der Waals surface area contributed by atoms with Gasteiger partial charge in [0.25, 0.3) is 0 Å². The van der Waals surface area contributed by atoms with Crippen LogP contribution in [0, 0.1) is 5.92 Å². The third-order valence-electron chi connectivity index (χ3n) is 3.54. The Labute approximate surface area is 134 Å². The van der Waals surface area contributed by atoms with Gasteiger partial charge in [0.1, 0.15) is 15.4 Å². The van der Waals surface area contributed by atoms with Crippen molar-refractivity contribution in [2.24, 2.45) is 5.92 Å². The van der Waals surface area contributed by atoms with Gasteiger partial charge in [-0.05, 0) is 53.0 Å². The molecule has 7 heteroatoms. The Balaban J connectivity index is 2.26. The van der Waals surface area contributed by atoms with Crippen molar-refractivity contribution in [3.05, 3.63) is 0 Å². The Morgan fingerprint density at radius 1 is 1.41 bits per heavy atom. The smallest absolute Gasteiger partial charge is 0.410 e. The van der Waals surface area contributed by atoms with Gasteiger partial charge in [-0.1, -0.05) is 0 Å². The first-order valence-corrected chi connectivity index (χ1v) is 9.91. The molecule has 1 rings (SSSR count). The van der Waals surface area contributed by atoms with Gasteiger partial charge in [-0.25, -0.2) is 13.2 Å². The maximum atomic E-state index is 12.0. The second-order valence-electron chi connectivity index (χ2n) is 7.32. The van der Waals surface area contributed by atoms with E-state index in [1.54, 1.807) is 4.90 Å². The van der Waals surface area contributed by atoms with E-state index in [2.05, 4.69) is 5.32 Å². The van der Waals surface area contributed by atoms with Crippen molar-refractivity contribution < 1.29 is 17.9 Å². The van der Waals surface area contributed by atoms with Crippen molar-refractivity contribution in [3.63, 3.8) is 0 Å². The first kappa shape index (κ1) is 19.2. The second kappa shape index (κ2) is 7.64. The Hall–Kier alpha value is -0.820. The van der Waals surface area contributed by atoms with Crippen molar-refractivity contribution in [2.45, 2.75) is 52.2 Å². The highest BCUT2D eigenvalue weighted by Gasteiger charge is 2.29. The lowest BCUT2D eigenvalue weighted by atomic mass is 10.1. The summed E-state index contributed by atoms with van der Waals surface area (Å²) in [5, 5.41) is 3.23. The zero-order valence-corrected chi connectivity index (χ0v) is 15.2. The fourth-order valence-electron chi connectivity index (χ4n) is 2.61. The van der Waals surface area contributed by atoms with Crippen LogP contribution in [-0.2, 0) is 14.6 Å². The van der Waals surface area contributed by atoms with E-state index in [1.807, 2.05) is 27.7 Å². The van der Waals surface area contributed by atoms with Gasteiger partial charge in [-0.2, -0.15) is 0 Å². The van der Waals surface area contributed by atoms with Crippen LogP contribution in [0.15, 0.2) is 0 Å². The lowest BCUT2D eigenvalue weighted by Crippen LogP contribution is -2.36. The van der Waals surface area contributed by atoms with E-state index < -0.39 is 15.4 Å². The molecular formula is C15H30N2O4S. The molecule has 2 atom stereocenters. The van der Waals surface area contributed by atoms with Crippen LogP contribution < -0.4 is 5.32 Å². The lowest BCUT2D eigenvalue weighted by Gasteiger charge is -2.24. The molecule has 1 heterocycles. The number of rotatable bonds is 6. The molecule has 0 aromatic carbocycles. The molecule has 130 valence electrons. The average molecular weight is 334 g/mol. The highest BCUT2D eigenvalue weighted by atomic mass is 32.2. The summed E-state index contributed by atoms with van der Waals surface area (Å²) in [5.41, 5.74) is -0.461. The topological polar surface area (TPSA) is 75.7 Å². The summed E-state index contributed by atoms with van der Waals surface area (Å²) in [4.78, 5) is 13.7.